The standard InChI is InChI=1S/C15H20N2O/c1-4-8-17-10-13(9-16-17)15(18)14-11(2)6-5-7-12(14)3/h5-7,9-10,15,18H,4,8H2,1-3H3. The first kappa shape index (κ1) is 12.8. The van der Waals surface area contributed by atoms with Crippen LogP contribution in [0.2, 0.25) is 0 Å². The molecule has 3 nitrogen and oxygen atoms in total. The quantitative estimate of drug-likeness (QED) is 0.897. The Balaban J connectivity index is 2.32. The molecule has 0 aliphatic carbocycles. The predicted molar refractivity (Wildman–Crippen MR) is 72.5 cm³/mol. The molecular formula is C15H20N2O. The average Bonchev–Trinajstić information content (AvgIpc) is 2.78. The van der Waals surface area contributed by atoms with E-state index in [-0.39, 0.29) is 0 Å². The third kappa shape index (κ3) is 2.46. The average molecular weight is 244 g/mol. The molecule has 2 rings (SSSR count). The van der Waals surface area contributed by atoms with Gasteiger partial charge in [-0.3, -0.25) is 4.68 Å². The van der Waals surface area contributed by atoms with Gasteiger partial charge in [0, 0.05) is 18.3 Å². The Hall–Kier alpha value is -1.61. The number of aliphatic hydroxyl groups is 1. The van der Waals surface area contributed by atoms with Crippen molar-refractivity contribution in [1.29, 1.82) is 0 Å². The summed E-state index contributed by atoms with van der Waals surface area (Å²) in [5, 5.41) is 14.8. The fourth-order valence-electron chi connectivity index (χ4n) is 2.30. The first-order valence-corrected chi connectivity index (χ1v) is 6.40. The molecule has 1 atom stereocenters. The maximum atomic E-state index is 10.5. The zero-order chi connectivity index (χ0) is 13.1. The van der Waals surface area contributed by atoms with E-state index >= 15 is 0 Å². The zero-order valence-electron chi connectivity index (χ0n) is 11.2. The number of rotatable bonds is 4. The van der Waals surface area contributed by atoms with Crippen LogP contribution >= 0.6 is 0 Å². The first-order chi connectivity index (χ1) is 8.63. The van der Waals surface area contributed by atoms with E-state index in [1.165, 1.54) is 0 Å². The van der Waals surface area contributed by atoms with E-state index in [1.807, 2.05) is 42.9 Å². The van der Waals surface area contributed by atoms with Crippen molar-refractivity contribution in [2.75, 3.05) is 0 Å². The molecule has 0 bridgehead atoms. The molecule has 0 amide bonds. The summed E-state index contributed by atoms with van der Waals surface area (Å²) in [6.07, 6.45) is 4.14. The Morgan fingerprint density at radius 1 is 1.28 bits per heavy atom. The highest BCUT2D eigenvalue weighted by Crippen LogP contribution is 2.27. The number of aromatic nitrogens is 2. The summed E-state index contributed by atoms with van der Waals surface area (Å²) < 4.78 is 1.88. The lowest BCUT2D eigenvalue weighted by molar-refractivity contribution is 0.218. The van der Waals surface area contributed by atoms with Crippen molar-refractivity contribution >= 4 is 0 Å². The van der Waals surface area contributed by atoms with Crippen LogP contribution in [0.1, 0.15) is 41.7 Å². The lowest BCUT2D eigenvalue weighted by Crippen LogP contribution is -2.04. The largest absolute Gasteiger partial charge is 0.384 e. The number of aryl methyl sites for hydroxylation is 3. The number of nitrogens with zero attached hydrogens (tertiary/aromatic N) is 2. The molecule has 1 N–H and O–H groups in total. The molecule has 0 saturated heterocycles. The Morgan fingerprint density at radius 2 is 1.94 bits per heavy atom. The molecule has 1 aromatic heterocycles. The highest BCUT2D eigenvalue weighted by Gasteiger charge is 2.16. The van der Waals surface area contributed by atoms with Crippen LogP contribution < -0.4 is 0 Å². The van der Waals surface area contributed by atoms with Gasteiger partial charge in [-0.25, -0.2) is 0 Å². The Labute approximate surface area is 108 Å². The van der Waals surface area contributed by atoms with Gasteiger partial charge in [0.2, 0.25) is 0 Å². The molecule has 1 unspecified atom stereocenters. The number of hydrogen-bond acceptors (Lipinski definition) is 2. The molecule has 1 aromatic carbocycles. The maximum Gasteiger partial charge on any atom is 0.108 e. The predicted octanol–water partition coefficient (Wildman–Crippen LogP) is 2.99. The van der Waals surface area contributed by atoms with Gasteiger partial charge in [-0.05, 0) is 37.0 Å². The first-order valence-electron chi connectivity index (χ1n) is 6.40. The van der Waals surface area contributed by atoms with Gasteiger partial charge in [0.1, 0.15) is 6.10 Å². The minimum Gasteiger partial charge on any atom is -0.384 e. The second kappa shape index (κ2) is 5.36. The Morgan fingerprint density at radius 3 is 2.56 bits per heavy atom. The lowest BCUT2D eigenvalue weighted by atomic mass is 9.95. The van der Waals surface area contributed by atoms with E-state index in [0.717, 1.165) is 35.2 Å². The fourth-order valence-corrected chi connectivity index (χ4v) is 2.30. The molecule has 2 aromatic rings. The summed E-state index contributed by atoms with van der Waals surface area (Å²) >= 11 is 0. The summed E-state index contributed by atoms with van der Waals surface area (Å²) in [7, 11) is 0. The van der Waals surface area contributed by atoms with Crippen molar-refractivity contribution in [3.63, 3.8) is 0 Å². The number of aliphatic hydroxyl groups excluding tert-OH is 1. The zero-order valence-corrected chi connectivity index (χ0v) is 11.2. The summed E-state index contributed by atoms with van der Waals surface area (Å²) in [6.45, 7) is 7.06. The Bertz CT molecular complexity index is 511. The highest BCUT2D eigenvalue weighted by molar-refractivity contribution is 5.39. The number of benzene rings is 1. The van der Waals surface area contributed by atoms with Gasteiger partial charge in [-0.2, -0.15) is 5.10 Å². The molecule has 0 saturated carbocycles. The molecule has 0 aliphatic rings. The topological polar surface area (TPSA) is 38.0 Å². The van der Waals surface area contributed by atoms with E-state index in [1.54, 1.807) is 6.20 Å². The minimum absolute atomic E-state index is 0.586. The van der Waals surface area contributed by atoms with E-state index in [2.05, 4.69) is 12.0 Å². The summed E-state index contributed by atoms with van der Waals surface area (Å²) in [6, 6.07) is 6.07. The van der Waals surface area contributed by atoms with Crippen LogP contribution in [-0.2, 0) is 6.54 Å². The molecule has 0 spiro atoms. The molecule has 0 radical (unpaired) electrons. The van der Waals surface area contributed by atoms with Crippen LogP contribution in [0.5, 0.6) is 0 Å². The molecule has 0 aliphatic heterocycles. The van der Waals surface area contributed by atoms with E-state index in [4.69, 9.17) is 0 Å². The van der Waals surface area contributed by atoms with E-state index in [9.17, 15) is 5.11 Å². The van der Waals surface area contributed by atoms with Crippen molar-refractivity contribution in [2.24, 2.45) is 0 Å². The monoisotopic (exact) mass is 244 g/mol. The molecule has 1 heterocycles. The second-order valence-electron chi connectivity index (χ2n) is 4.74. The van der Waals surface area contributed by atoms with Crippen molar-refractivity contribution in [2.45, 2.75) is 39.8 Å². The third-order valence-electron chi connectivity index (χ3n) is 3.24. The van der Waals surface area contributed by atoms with Gasteiger partial charge in [0.25, 0.3) is 0 Å². The Kier molecular flexibility index (Phi) is 3.82. The van der Waals surface area contributed by atoms with Crippen LogP contribution in [0, 0.1) is 13.8 Å². The van der Waals surface area contributed by atoms with Crippen molar-refractivity contribution in [3.8, 4) is 0 Å². The second-order valence-corrected chi connectivity index (χ2v) is 4.74. The van der Waals surface area contributed by atoms with Crippen LogP contribution in [0.15, 0.2) is 30.6 Å². The molecule has 3 heteroatoms. The molecule has 96 valence electrons. The van der Waals surface area contributed by atoms with Crippen LogP contribution in [0.4, 0.5) is 0 Å². The van der Waals surface area contributed by atoms with Gasteiger partial charge < -0.3 is 5.11 Å². The molecular weight excluding hydrogens is 224 g/mol. The smallest absolute Gasteiger partial charge is 0.108 e. The maximum absolute atomic E-state index is 10.5. The summed E-state index contributed by atoms with van der Waals surface area (Å²) in [4.78, 5) is 0. The minimum atomic E-state index is -0.586. The van der Waals surface area contributed by atoms with Crippen LogP contribution in [-0.4, -0.2) is 14.9 Å². The third-order valence-corrected chi connectivity index (χ3v) is 3.24. The SMILES string of the molecule is CCCn1cc(C(O)c2c(C)cccc2C)cn1. The summed E-state index contributed by atoms with van der Waals surface area (Å²) in [5.41, 5.74) is 4.09. The van der Waals surface area contributed by atoms with Gasteiger partial charge in [-0.1, -0.05) is 25.1 Å². The van der Waals surface area contributed by atoms with Crippen molar-refractivity contribution in [1.82, 2.24) is 9.78 Å². The van der Waals surface area contributed by atoms with Gasteiger partial charge >= 0.3 is 0 Å². The van der Waals surface area contributed by atoms with Gasteiger partial charge in [0.15, 0.2) is 0 Å². The molecule has 18 heavy (non-hydrogen) atoms. The van der Waals surface area contributed by atoms with Gasteiger partial charge in [-0.15, -0.1) is 0 Å². The van der Waals surface area contributed by atoms with Crippen LogP contribution in [0.3, 0.4) is 0 Å². The fraction of sp³-hybridized carbons (Fsp3) is 0.400. The normalized spacial score (nSPS) is 12.7. The lowest BCUT2D eigenvalue weighted by Gasteiger charge is -2.15. The molecule has 0 fully saturated rings. The van der Waals surface area contributed by atoms with E-state index < -0.39 is 6.10 Å². The summed E-state index contributed by atoms with van der Waals surface area (Å²) in [5.74, 6) is 0. The van der Waals surface area contributed by atoms with Crippen LogP contribution in [0.25, 0.3) is 0 Å². The van der Waals surface area contributed by atoms with E-state index in [0.29, 0.717) is 0 Å². The van der Waals surface area contributed by atoms with Crippen molar-refractivity contribution in [3.05, 3.63) is 52.8 Å². The highest BCUT2D eigenvalue weighted by atomic mass is 16.3. The van der Waals surface area contributed by atoms with Gasteiger partial charge in [0.05, 0.1) is 6.20 Å². The number of hydrogen-bond donors (Lipinski definition) is 1. The van der Waals surface area contributed by atoms with Crippen molar-refractivity contribution < 1.29 is 5.11 Å².